The van der Waals surface area contributed by atoms with E-state index in [1.807, 2.05) is 12.4 Å². The molecule has 106 valence electrons. The minimum Gasteiger partial charge on any atom is -0.303 e. The predicted octanol–water partition coefficient (Wildman–Crippen LogP) is 2.56. The number of H-pyrrole nitrogens is 1. The number of hydrogen-bond donors (Lipinski definition) is 2. The van der Waals surface area contributed by atoms with Crippen LogP contribution in [0.25, 0.3) is 0 Å². The molecule has 0 aromatic carbocycles. The van der Waals surface area contributed by atoms with Gasteiger partial charge in [0.05, 0.1) is 6.54 Å². The van der Waals surface area contributed by atoms with Crippen LogP contribution < -0.4 is 5.32 Å². The highest BCUT2D eigenvalue weighted by Crippen LogP contribution is 2.40. The molecule has 2 N–H and O–H groups in total. The SMILES string of the molecule is CC(C)c1n[nH]c(CNC(c2ccncc2)C2CC2)n1. The molecule has 1 fully saturated rings. The van der Waals surface area contributed by atoms with Crippen molar-refractivity contribution >= 4 is 0 Å². The molecule has 0 radical (unpaired) electrons. The van der Waals surface area contributed by atoms with Gasteiger partial charge in [-0.1, -0.05) is 13.8 Å². The molecule has 5 nitrogen and oxygen atoms in total. The molecule has 2 heterocycles. The van der Waals surface area contributed by atoms with E-state index in [1.165, 1.54) is 18.4 Å². The Bertz CT molecular complexity index is 544. The molecule has 1 aliphatic carbocycles. The molecule has 0 aliphatic heterocycles. The highest BCUT2D eigenvalue weighted by Gasteiger charge is 2.32. The van der Waals surface area contributed by atoms with Crippen LogP contribution in [0, 0.1) is 5.92 Å². The molecule has 0 bridgehead atoms. The van der Waals surface area contributed by atoms with Gasteiger partial charge in [0.2, 0.25) is 0 Å². The van der Waals surface area contributed by atoms with Crippen LogP contribution in [-0.2, 0) is 6.54 Å². The number of aromatic amines is 1. The summed E-state index contributed by atoms with van der Waals surface area (Å²) in [5.41, 5.74) is 1.31. The van der Waals surface area contributed by atoms with Gasteiger partial charge in [0.25, 0.3) is 0 Å². The van der Waals surface area contributed by atoms with Crippen molar-refractivity contribution in [2.24, 2.45) is 5.92 Å². The maximum absolute atomic E-state index is 4.51. The van der Waals surface area contributed by atoms with Crippen molar-refractivity contribution in [2.45, 2.75) is 45.2 Å². The van der Waals surface area contributed by atoms with E-state index in [9.17, 15) is 0 Å². The van der Waals surface area contributed by atoms with E-state index in [0.717, 1.165) is 24.1 Å². The second-order valence-corrected chi connectivity index (χ2v) is 5.77. The first-order valence-corrected chi connectivity index (χ1v) is 7.28. The third kappa shape index (κ3) is 3.04. The zero-order chi connectivity index (χ0) is 13.9. The van der Waals surface area contributed by atoms with Gasteiger partial charge >= 0.3 is 0 Å². The zero-order valence-electron chi connectivity index (χ0n) is 12.0. The second kappa shape index (κ2) is 5.71. The van der Waals surface area contributed by atoms with Crippen LogP contribution >= 0.6 is 0 Å². The highest BCUT2D eigenvalue weighted by molar-refractivity contribution is 5.18. The lowest BCUT2D eigenvalue weighted by atomic mass is 10.0. The second-order valence-electron chi connectivity index (χ2n) is 5.77. The van der Waals surface area contributed by atoms with E-state index in [-0.39, 0.29) is 0 Å². The normalized spacial score (nSPS) is 16.6. The maximum atomic E-state index is 4.51. The first kappa shape index (κ1) is 13.2. The Morgan fingerprint density at radius 1 is 1.30 bits per heavy atom. The molecule has 1 unspecified atom stereocenters. The number of hydrogen-bond acceptors (Lipinski definition) is 4. The number of aromatic nitrogens is 4. The lowest BCUT2D eigenvalue weighted by molar-refractivity contribution is 0.472. The summed E-state index contributed by atoms with van der Waals surface area (Å²) in [6.45, 7) is 4.93. The zero-order valence-corrected chi connectivity index (χ0v) is 12.0. The summed E-state index contributed by atoms with van der Waals surface area (Å²) in [6, 6.07) is 4.58. The van der Waals surface area contributed by atoms with Crippen LogP contribution in [0.5, 0.6) is 0 Å². The van der Waals surface area contributed by atoms with Crippen molar-refractivity contribution in [2.75, 3.05) is 0 Å². The lowest BCUT2D eigenvalue weighted by Gasteiger charge is -2.17. The molecule has 0 spiro atoms. The molecule has 5 heteroatoms. The molecule has 1 atom stereocenters. The van der Waals surface area contributed by atoms with E-state index in [2.05, 4.69) is 51.5 Å². The summed E-state index contributed by atoms with van der Waals surface area (Å²) in [7, 11) is 0. The van der Waals surface area contributed by atoms with Crippen LogP contribution in [0.1, 0.15) is 55.9 Å². The Labute approximate surface area is 119 Å². The van der Waals surface area contributed by atoms with Crippen molar-refractivity contribution in [3.8, 4) is 0 Å². The van der Waals surface area contributed by atoms with Crippen LogP contribution in [0.4, 0.5) is 0 Å². The largest absolute Gasteiger partial charge is 0.303 e. The predicted molar refractivity (Wildman–Crippen MR) is 77.0 cm³/mol. The number of rotatable bonds is 6. The Hall–Kier alpha value is -1.75. The third-order valence-electron chi connectivity index (χ3n) is 3.71. The van der Waals surface area contributed by atoms with Gasteiger partial charge in [-0.3, -0.25) is 10.1 Å². The van der Waals surface area contributed by atoms with Gasteiger partial charge < -0.3 is 5.32 Å². The number of nitrogens with zero attached hydrogens (tertiary/aromatic N) is 3. The topological polar surface area (TPSA) is 66.5 Å². The quantitative estimate of drug-likeness (QED) is 0.847. The molecule has 1 aliphatic rings. The van der Waals surface area contributed by atoms with Gasteiger partial charge in [-0.05, 0) is 36.5 Å². The average molecular weight is 271 g/mol. The molecular weight excluding hydrogens is 250 g/mol. The average Bonchev–Trinajstić information content (AvgIpc) is 3.17. The minimum atomic E-state index is 0.361. The lowest BCUT2D eigenvalue weighted by Crippen LogP contribution is -2.23. The molecule has 2 aromatic rings. The summed E-state index contributed by atoms with van der Waals surface area (Å²) in [6.07, 6.45) is 6.32. The first-order valence-electron chi connectivity index (χ1n) is 7.28. The molecule has 0 amide bonds. The Balaban J connectivity index is 1.65. The minimum absolute atomic E-state index is 0.361. The summed E-state index contributed by atoms with van der Waals surface area (Å²) in [5, 5.41) is 10.9. The number of pyridine rings is 1. The summed E-state index contributed by atoms with van der Waals surface area (Å²) >= 11 is 0. The Kier molecular flexibility index (Phi) is 3.78. The fourth-order valence-corrected chi connectivity index (χ4v) is 2.41. The summed E-state index contributed by atoms with van der Waals surface area (Å²) in [5.74, 6) is 2.89. The van der Waals surface area contributed by atoms with Crippen molar-refractivity contribution in [1.82, 2.24) is 25.5 Å². The molecule has 3 rings (SSSR count). The standard InChI is InChI=1S/C15H21N5/c1-10(2)15-18-13(19-20-15)9-17-14(11-3-4-11)12-5-7-16-8-6-12/h5-8,10-11,14,17H,3-4,9H2,1-2H3,(H,18,19,20). The molecule has 0 saturated heterocycles. The van der Waals surface area contributed by atoms with Gasteiger partial charge in [0, 0.05) is 24.4 Å². The molecular formula is C15H21N5. The van der Waals surface area contributed by atoms with Crippen LogP contribution in [-0.4, -0.2) is 20.2 Å². The van der Waals surface area contributed by atoms with Crippen LogP contribution in [0.15, 0.2) is 24.5 Å². The fourth-order valence-electron chi connectivity index (χ4n) is 2.41. The van der Waals surface area contributed by atoms with Crippen LogP contribution in [0.3, 0.4) is 0 Å². The van der Waals surface area contributed by atoms with Gasteiger partial charge in [0.1, 0.15) is 5.82 Å². The Morgan fingerprint density at radius 2 is 2.05 bits per heavy atom. The Morgan fingerprint density at radius 3 is 2.65 bits per heavy atom. The smallest absolute Gasteiger partial charge is 0.153 e. The van der Waals surface area contributed by atoms with Gasteiger partial charge in [-0.25, -0.2) is 4.98 Å². The van der Waals surface area contributed by atoms with E-state index in [0.29, 0.717) is 12.0 Å². The molecule has 2 aromatic heterocycles. The van der Waals surface area contributed by atoms with Gasteiger partial charge in [-0.2, -0.15) is 5.10 Å². The maximum Gasteiger partial charge on any atom is 0.153 e. The van der Waals surface area contributed by atoms with Crippen molar-refractivity contribution < 1.29 is 0 Å². The van der Waals surface area contributed by atoms with E-state index in [1.54, 1.807) is 0 Å². The van der Waals surface area contributed by atoms with Crippen LogP contribution in [0.2, 0.25) is 0 Å². The van der Waals surface area contributed by atoms with Crippen molar-refractivity contribution in [3.05, 3.63) is 41.7 Å². The van der Waals surface area contributed by atoms with Gasteiger partial charge in [-0.15, -0.1) is 0 Å². The fraction of sp³-hybridized carbons (Fsp3) is 0.533. The summed E-state index contributed by atoms with van der Waals surface area (Å²) in [4.78, 5) is 8.61. The van der Waals surface area contributed by atoms with Crippen molar-refractivity contribution in [3.63, 3.8) is 0 Å². The highest BCUT2D eigenvalue weighted by atomic mass is 15.2. The monoisotopic (exact) mass is 271 g/mol. The first-order chi connectivity index (χ1) is 9.74. The third-order valence-corrected chi connectivity index (χ3v) is 3.71. The number of nitrogens with one attached hydrogen (secondary N) is 2. The van der Waals surface area contributed by atoms with E-state index in [4.69, 9.17) is 0 Å². The van der Waals surface area contributed by atoms with Gasteiger partial charge in [0.15, 0.2) is 5.82 Å². The summed E-state index contributed by atoms with van der Waals surface area (Å²) < 4.78 is 0. The van der Waals surface area contributed by atoms with Crippen molar-refractivity contribution in [1.29, 1.82) is 0 Å². The molecule has 1 saturated carbocycles. The van der Waals surface area contributed by atoms with E-state index >= 15 is 0 Å². The molecule has 20 heavy (non-hydrogen) atoms. The van der Waals surface area contributed by atoms with E-state index < -0.39 is 0 Å².